The Kier molecular flexibility index (Phi) is 3.96. The lowest BCUT2D eigenvalue weighted by Crippen LogP contribution is -2.09. The van der Waals surface area contributed by atoms with Crippen molar-refractivity contribution in [1.82, 2.24) is 0 Å². The average Bonchev–Trinajstić information content (AvgIpc) is 1.98. The topological polar surface area (TPSA) is 0 Å². The monoisotopic (exact) mass is 180 g/mol. The zero-order chi connectivity index (χ0) is 10.8. The molecule has 0 radical (unpaired) electrons. The van der Waals surface area contributed by atoms with Crippen molar-refractivity contribution in [3.05, 3.63) is 22.3 Å². The second-order valence-electron chi connectivity index (χ2n) is 5.12. The lowest BCUT2D eigenvalue weighted by Gasteiger charge is -2.23. The minimum absolute atomic E-state index is 0.292. The second-order valence-corrected chi connectivity index (χ2v) is 5.12. The van der Waals surface area contributed by atoms with Gasteiger partial charge in [-0.25, -0.2) is 0 Å². The SMILES string of the molecule is CC(C)=C(C)C(C)=C(C)C(C)(C)C. The fourth-order valence-corrected chi connectivity index (χ4v) is 1.22. The summed E-state index contributed by atoms with van der Waals surface area (Å²) in [6, 6.07) is 0. The molecule has 0 unspecified atom stereocenters. The third kappa shape index (κ3) is 3.38. The van der Waals surface area contributed by atoms with Gasteiger partial charge in [-0.1, -0.05) is 31.9 Å². The minimum Gasteiger partial charge on any atom is -0.0732 e. The molecular formula is C13H24. The third-order valence-corrected chi connectivity index (χ3v) is 3.00. The molecule has 0 rings (SSSR count). The summed E-state index contributed by atoms with van der Waals surface area (Å²) in [6.07, 6.45) is 0. The summed E-state index contributed by atoms with van der Waals surface area (Å²) in [4.78, 5) is 0. The van der Waals surface area contributed by atoms with Gasteiger partial charge in [0.1, 0.15) is 0 Å². The van der Waals surface area contributed by atoms with Gasteiger partial charge in [-0.3, -0.25) is 0 Å². The molecule has 0 heterocycles. The van der Waals surface area contributed by atoms with E-state index in [9.17, 15) is 0 Å². The van der Waals surface area contributed by atoms with Crippen LogP contribution in [0.25, 0.3) is 0 Å². The van der Waals surface area contributed by atoms with Crippen LogP contribution in [-0.4, -0.2) is 0 Å². The van der Waals surface area contributed by atoms with E-state index in [0.29, 0.717) is 5.41 Å². The van der Waals surface area contributed by atoms with Gasteiger partial charge in [0.25, 0.3) is 0 Å². The van der Waals surface area contributed by atoms with Crippen LogP contribution in [0.1, 0.15) is 55.4 Å². The van der Waals surface area contributed by atoms with Crippen molar-refractivity contribution >= 4 is 0 Å². The molecular weight excluding hydrogens is 156 g/mol. The zero-order valence-corrected chi connectivity index (χ0v) is 10.5. The Balaban J connectivity index is 5.18. The van der Waals surface area contributed by atoms with E-state index in [2.05, 4.69) is 55.4 Å². The van der Waals surface area contributed by atoms with Crippen molar-refractivity contribution in [1.29, 1.82) is 0 Å². The summed E-state index contributed by atoms with van der Waals surface area (Å²) in [5, 5.41) is 0. The van der Waals surface area contributed by atoms with Gasteiger partial charge >= 0.3 is 0 Å². The van der Waals surface area contributed by atoms with E-state index in [-0.39, 0.29) is 0 Å². The highest BCUT2D eigenvalue weighted by atomic mass is 14.2. The average molecular weight is 180 g/mol. The van der Waals surface area contributed by atoms with Crippen molar-refractivity contribution in [2.75, 3.05) is 0 Å². The maximum absolute atomic E-state index is 2.27. The fourth-order valence-electron chi connectivity index (χ4n) is 1.22. The Morgan fingerprint density at radius 3 is 1.31 bits per heavy atom. The summed E-state index contributed by atoms with van der Waals surface area (Å²) in [6.45, 7) is 17.8. The highest BCUT2D eigenvalue weighted by Gasteiger charge is 2.15. The Bertz CT molecular complexity index is 240. The summed E-state index contributed by atoms with van der Waals surface area (Å²) in [7, 11) is 0. The van der Waals surface area contributed by atoms with Crippen molar-refractivity contribution in [2.45, 2.75) is 55.4 Å². The highest BCUT2D eigenvalue weighted by Crippen LogP contribution is 2.30. The predicted octanol–water partition coefficient (Wildman–Crippen LogP) is 4.73. The Labute approximate surface area is 83.7 Å². The molecule has 0 aliphatic carbocycles. The van der Waals surface area contributed by atoms with Gasteiger partial charge in [0, 0.05) is 0 Å². The van der Waals surface area contributed by atoms with E-state index in [1.54, 1.807) is 0 Å². The molecule has 0 fully saturated rings. The molecule has 0 atom stereocenters. The first kappa shape index (κ1) is 12.5. The zero-order valence-electron chi connectivity index (χ0n) is 10.5. The molecule has 76 valence electrons. The Morgan fingerprint density at radius 1 is 0.692 bits per heavy atom. The predicted molar refractivity (Wildman–Crippen MR) is 61.9 cm³/mol. The van der Waals surface area contributed by atoms with Crippen molar-refractivity contribution in [3.8, 4) is 0 Å². The van der Waals surface area contributed by atoms with E-state index in [4.69, 9.17) is 0 Å². The van der Waals surface area contributed by atoms with Gasteiger partial charge in [-0.2, -0.15) is 0 Å². The first-order chi connectivity index (χ1) is 5.68. The fraction of sp³-hybridized carbons (Fsp3) is 0.692. The van der Waals surface area contributed by atoms with Gasteiger partial charge < -0.3 is 0 Å². The summed E-state index contributed by atoms with van der Waals surface area (Å²) in [5.74, 6) is 0. The van der Waals surface area contributed by atoms with Crippen LogP contribution in [0, 0.1) is 5.41 Å². The van der Waals surface area contributed by atoms with Crippen molar-refractivity contribution in [2.24, 2.45) is 5.41 Å². The Morgan fingerprint density at radius 2 is 1.08 bits per heavy atom. The van der Waals surface area contributed by atoms with Crippen LogP contribution < -0.4 is 0 Å². The van der Waals surface area contributed by atoms with Crippen LogP contribution in [0.3, 0.4) is 0 Å². The Hall–Kier alpha value is -0.520. The maximum Gasteiger partial charge on any atom is -0.0170 e. The van der Waals surface area contributed by atoms with Gasteiger partial charge in [0.05, 0.1) is 0 Å². The summed E-state index contributed by atoms with van der Waals surface area (Å²) in [5.41, 5.74) is 6.09. The van der Waals surface area contributed by atoms with Crippen molar-refractivity contribution in [3.63, 3.8) is 0 Å². The summed E-state index contributed by atoms with van der Waals surface area (Å²) < 4.78 is 0. The second kappa shape index (κ2) is 4.13. The van der Waals surface area contributed by atoms with E-state index < -0.39 is 0 Å². The molecule has 0 aromatic carbocycles. The number of hydrogen-bond acceptors (Lipinski definition) is 0. The molecule has 0 aromatic heterocycles. The molecule has 0 aliphatic rings. The third-order valence-electron chi connectivity index (χ3n) is 3.00. The lowest BCUT2D eigenvalue weighted by atomic mass is 9.82. The molecule has 0 saturated carbocycles. The quantitative estimate of drug-likeness (QED) is 0.512. The standard InChI is InChI=1S/C13H24/c1-9(2)10(3)11(4)12(5)13(6,7)8/h1-8H3. The molecule has 0 aliphatic heterocycles. The van der Waals surface area contributed by atoms with E-state index in [0.717, 1.165) is 0 Å². The smallest absolute Gasteiger partial charge is 0.0170 e. The molecule has 0 aromatic rings. The number of hydrogen-bond donors (Lipinski definition) is 0. The van der Waals surface area contributed by atoms with E-state index in [1.807, 2.05) is 0 Å². The highest BCUT2D eigenvalue weighted by molar-refractivity contribution is 5.35. The van der Waals surface area contributed by atoms with Crippen LogP contribution in [0.15, 0.2) is 22.3 Å². The van der Waals surface area contributed by atoms with Crippen LogP contribution >= 0.6 is 0 Å². The normalized spacial score (nSPS) is 13.8. The summed E-state index contributed by atoms with van der Waals surface area (Å²) >= 11 is 0. The molecule has 0 saturated heterocycles. The van der Waals surface area contributed by atoms with Gasteiger partial charge in [-0.05, 0) is 51.2 Å². The van der Waals surface area contributed by atoms with E-state index >= 15 is 0 Å². The largest absolute Gasteiger partial charge is 0.0732 e. The molecule has 0 heteroatoms. The molecule has 13 heavy (non-hydrogen) atoms. The minimum atomic E-state index is 0.292. The van der Waals surface area contributed by atoms with Crippen LogP contribution in [0.2, 0.25) is 0 Å². The number of rotatable bonds is 1. The first-order valence-electron chi connectivity index (χ1n) is 5.00. The number of allylic oxidation sites excluding steroid dienone is 4. The van der Waals surface area contributed by atoms with Crippen molar-refractivity contribution < 1.29 is 0 Å². The maximum atomic E-state index is 2.27. The van der Waals surface area contributed by atoms with E-state index in [1.165, 1.54) is 22.3 Å². The molecule has 0 spiro atoms. The van der Waals surface area contributed by atoms with Crippen LogP contribution in [0.4, 0.5) is 0 Å². The van der Waals surface area contributed by atoms with Crippen LogP contribution in [0.5, 0.6) is 0 Å². The van der Waals surface area contributed by atoms with Gasteiger partial charge in [0.15, 0.2) is 0 Å². The molecule has 0 bridgehead atoms. The molecule has 0 nitrogen and oxygen atoms in total. The first-order valence-corrected chi connectivity index (χ1v) is 5.00. The molecule has 0 N–H and O–H groups in total. The van der Waals surface area contributed by atoms with Gasteiger partial charge in [-0.15, -0.1) is 0 Å². The lowest BCUT2D eigenvalue weighted by molar-refractivity contribution is 0.499. The van der Waals surface area contributed by atoms with Gasteiger partial charge in [0.2, 0.25) is 0 Å². The molecule has 0 amide bonds. The van der Waals surface area contributed by atoms with Crippen LogP contribution in [-0.2, 0) is 0 Å².